The van der Waals surface area contributed by atoms with E-state index in [4.69, 9.17) is 9.26 Å². The Balaban J connectivity index is 1.92. The largest absolute Gasteiger partial charge is 0.375 e. The average molecular weight is 345 g/mol. The van der Waals surface area contributed by atoms with Gasteiger partial charge >= 0.3 is 0 Å². The molecule has 0 radical (unpaired) electrons. The van der Waals surface area contributed by atoms with Gasteiger partial charge in [0.25, 0.3) is 0 Å². The van der Waals surface area contributed by atoms with Crippen LogP contribution in [0, 0.1) is 13.8 Å². The summed E-state index contributed by atoms with van der Waals surface area (Å²) in [6, 6.07) is 0. The summed E-state index contributed by atoms with van der Waals surface area (Å²) in [7, 11) is -3.53. The third-order valence-corrected chi connectivity index (χ3v) is 5.98. The average Bonchev–Trinajstić information content (AvgIpc) is 2.78. The first-order chi connectivity index (χ1) is 10.6. The number of sulfonamides is 1. The minimum absolute atomic E-state index is 0.144. The molecule has 8 heteroatoms. The van der Waals surface area contributed by atoms with Crippen molar-refractivity contribution in [3.8, 4) is 0 Å². The Morgan fingerprint density at radius 3 is 2.26 bits per heavy atom. The van der Waals surface area contributed by atoms with Crippen molar-refractivity contribution < 1.29 is 17.7 Å². The molecule has 0 atom stereocenters. The normalized spacial score (nSPS) is 18.5. The van der Waals surface area contributed by atoms with E-state index in [1.807, 2.05) is 20.8 Å². The summed E-state index contributed by atoms with van der Waals surface area (Å²) in [5.74, 6) is 0.350. The van der Waals surface area contributed by atoms with E-state index in [1.165, 1.54) is 4.31 Å². The van der Waals surface area contributed by atoms with E-state index in [1.54, 1.807) is 13.8 Å². The zero-order valence-electron chi connectivity index (χ0n) is 14.6. The van der Waals surface area contributed by atoms with Gasteiger partial charge in [0, 0.05) is 32.7 Å². The molecule has 1 saturated heterocycles. The maximum atomic E-state index is 12.7. The topological polar surface area (TPSA) is 75.9 Å². The number of aryl methyl sites for hydroxylation is 2. The predicted octanol–water partition coefficient (Wildman–Crippen LogP) is 1.41. The van der Waals surface area contributed by atoms with Gasteiger partial charge in [0.1, 0.15) is 10.6 Å². The van der Waals surface area contributed by atoms with Crippen LogP contribution in [0.2, 0.25) is 0 Å². The van der Waals surface area contributed by atoms with E-state index in [2.05, 4.69) is 10.1 Å². The van der Waals surface area contributed by atoms with Crippen molar-refractivity contribution >= 4 is 10.0 Å². The zero-order chi connectivity index (χ0) is 17.3. The lowest BCUT2D eigenvalue weighted by atomic mass is 10.2. The highest BCUT2D eigenvalue weighted by molar-refractivity contribution is 7.89. The second-order valence-electron chi connectivity index (χ2n) is 6.86. The van der Waals surface area contributed by atoms with Crippen molar-refractivity contribution in [3.63, 3.8) is 0 Å². The van der Waals surface area contributed by atoms with Gasteiger partial charge in [0.15, 0.2) is 5.76 Å². The van der Waals surface area contributed by atoms with Gasteiger partial charge in [-0.25, -0.2) is 8.42 Å². The van der Waals surface area contributed by atoms with Gasteiger partial charge in [0.2, 0.25) is 10.0 Å². The smallest absolute Gasteiger partial charge is 0.248 e. The van der Waals surface area contributed by atoms with Crippen LogP contribution in [0.1, 0.15) is 32.2 Å². The van der Waals surface area contributed by atoms with Crippen LogP contribution in [0.15, 0.2) is 9.42 Å². The molecule has 132 valence electrons. The molecular weight excluding hydrogens is 318 g/mol. The number of piperazine rings is 1. The molecule has 0 amide bonds. The van der Waals surface area contributed by atoms with Gasteiger partial charge in [0.05, 0.1) is 12.2 Å². The summed E-state index contributed by atoms with van der Waals surface area (Å²) >= 11 is 0. The molecule has 1 aromatic rings. The van der Waals surface area contributed by atoms with Crippen molar-refractivity contribution in [1.82, 2.24) is 14.4 Å². The molecule has 0 spiro atoms. The summed E-state index contributed by atoms with van der Waals surface area (Å²) in [4.78, 5) is 2.44. The molecular formula is C15H27N3O4S. The summed E-state index contributed by atoms with van der Waals surface area (Å²) in [5.41, 5.74) is 0.276. The highest BCUT2D eigenvalue weighted by Gasteiger charge is 2.33. The zero-order valence-corrected chi connectivity index (χ0v) is 15.4. The van der Waals surface area contributed by atoms with Gasteiger partial charge in [-0.3, -0.25) is 4.90 Å². The fourth-order valence-electron chi connectivity index (χ4n) is 2.65. The molecule has 1 aliphatic heterocycles. The highest BCUT2D eigenvalue weighted by Crippen LogP contribution is 2.24. The fraction of sp³-hybridized carbons (Fsp3) is 0.800. The lowest BCUT2D eigenvalue weighted by molar-refractivity contribution is -0.0156. The van der Waals surface area contributed by atoms with E-state index >= 15 is 0 Å². The van der Waals surface area contributed by atoms with Crippen LogP contribution >= 0.6 is 0 Å². The molecule has 0 saturated carbocycles. The van der Waals surface area contributed by atoms with Crippen LogP contribution in [0.25, 0.3) is 0 Å². The van der Waals surface area contributed by atoms with Crippen LogP contribution in [-0.2, 0) is 14.8 Å². The standard InChI is InChI=1S/C15H27N3O4S/c1-12-14(13(2)22-16-12)23(19,20)18-8-6-17(7-9-18)10-11-21-15(3,4)5/h6-11H2,1-5H3. The number of nitrogens with zero attached hydrogens (tertiary/aromatic N) is 3. The first kappa shape index (κ1) is 18.4. The second kappa shape index (κ2) is 6.88. The van der Waals surface area contributed by atoms with Crippen LogP contribution < -0.4 is 0 Å². The minimum Gasteiger partial charge on any atom is -0.375 e. The van der Waals surface area contributed by atoms with Crippen LogP contribution in [-0.4, -0.2) is 67.7 Å². The minimum atomic E-state index is -3.53. The molecule has 0 aliphatic carbocycles. The van der Waals surface area contributed by atoms with Crippen molar-refractivity contribution in [2.75, 3.05) is 39.3 Å². The predicted molar refractivity (Wildman–Crippen MR) is 86.9 cm³/mol. The SMILES string of the molecule is Cc1noc(C)c1S(=O)(=O)N1CCN(CCOC(C)(C)C)CC1. The molecule has 1 fully saturated rings. The lowest BCUT2D eigenvalue weighted by Gasteiger charge is -2.34. The lowest BCUT2D eigenvalue weighted by Crippen LogP contribution is -2.49. The maximum Gasteiger partial charge on any atom is 0.248 e. The highest BCUT2D eigenvalue weighted by atomic mass is 32.2. The molecule has 2 heterocycles. The van der Waals surface area contributed by atoms with Crippen LogP contribution in [0.4, 0.5) is 0 Å². The van der Waals surface area contributed by atoms with E-state index in [0.29, 0.717) is 44.2 Å². The molecule has 1 aromatic heterocycles. The Labute approximate surface area is 138 Å². The monoisotopic (exact) mass is 345 g/mol. The molecule has 1 aliphatic rings. The van der Waals surface area contributed by atoms with E-state index in [-0.39, 0.29) is 10.5 Å². The number of rotatable bonds is 5. The first-order valence-electron chi connectivity index (χ1n) is 7.90. The van der Waals surface area contributed by atoms with E-state index < -0.39 is 10.0 Å². The Kier molecular flexibility index (Phi) is 5.50. The van der Waals surface area contributed by atoms with Crippen molar-refractivity contribution in [2.24, 2.45) is 0 Å². The van der Waals surface area contributed by atoms with Crippen LogP contribution in [0.5, 0.6) is 0 Å². The molecule has 0 bridgehead atoms. The third-order valence-electron chi connectivity index (χ3n) is 3.84. The van der Waals surface area contributed by atoms with Crippen molar-refractivity contribution in [2.45, 2.75) is 45.1 Å². The second-order valence-corrected chi connectivity index (χ2v) is 8.73. The first-order valence-corrected chi connectivity index (χ1v) is 9.34. The third kappa shape index (κ3) is 4.53. The summed E-state index contributed by atoms with van der Waals surface area (Å²) < 4.78 is 37.7. The number of aromatic nitrogens is 1. The number of ether oxygens (including phenoxy) is 1. The van der Waals surface area contributed by atoms with Crippen LogP contribution in [0.3, 0.4) is 0 Å². The molecule has 23 heavy (non-hydrogen) atoms. The molecule has 0 aromatic carbocycles. The quantitative estimate of drug-likeness (QED) is 0.803. The Bertz CT molecular complexity index is 606. The molecule has 0 N–H and O–H groups in total. The summed E-state index contributed by atoms with van der Waals surface area (Å²) in [6.45, 7) is 13.2. The van der Waals surface area contributed by atoms with Gasteiger partial charge < -0.3 is 9.26 Å². The maximum absolute atomic E-state index is 12.7. The fourth-order valence-corrected chi connectivity index (χ4v) is 4.36. The van der Waals surface area contributed by atoms with Gasteiger partial charge in [-0.2, -0.15) is 4.31 Å². The van der Waals surface area contributed by atoms with Crippen molar-refractivity contribution in [1.29, 1.82) is 0 Å². The van der Waals surface area contributed by atoms with E-state index in [0.717, 1.165) is 6.54 Å². The molecule has 0 unspecified atom stereocenters. The Hall–Kier alpha value is -0.960. The Morgan fingerprint density at radius 1 is 1.17 bits per heavy atom. The number of hydrogen-bond donors (Lipinski definition) is 0. The van der Waals surface area contributed by atoms with Gasteiger partial charge in [-0.15, -0.1) is 0 Å². The van der Waals surface area contributed by atoms with Gasteiger partial charge in [-0.1, -0.05) is 5.16 Å². The Morgan fingerprint density at radius 2 is 1.78 bits per heavy atom. The molecule has 7 nitrogen and oxygen atoms in total. The number of hydrogen-bond acceptors (Lipinski definition) is 6. The van der Waals surface area contributed by atoms with Crippen molar-refractivity contribution in [3.05, 3.63) is 11.5 Å². The summed E-state index contributed by atoms with van der Waals surface area (Å²) in [5, 5.41) is 3.75. The molecule has 2 rings (SSSR count). The van der Waals surface area contributed by atoms with Gasteiger partial charge in [-0.05, 0) is 34.6 Å². The summed E-state index contributed by atoms with van der Waals surface area (Å²) in [6.07, 6.45) is 0. The van der Waals surface area contributed by atoms with E-state index in [9.17, 15) is 8.42 Å².